The first-order valence-electron chi connectivity index (χ1n) is 6.29. The number of piperidine rings is 1. The fourth-order valence-electron chi connectivity index (χ4n) is 2.17. The van der Waals surface area contributed by atoms with Crippen molar-refractivity contribution in [2.24, 2.45) is 5.41 Å². The zero-order chi connectivity index (χ0) is 13.9. The quantitative estimate of drug-likeness (QED) is 0.858. The molecular weight excluding hydrogens is 320 g/mol. The smallest absolute Gasteiger partial charge is 0.253 e. The van der Waals surface area contributed by atoms with Crippen molar-refractivity contribution in [2.75, 3.05) is 26.7 Å². The molecule has 0 amide bonds. The van der Waals surface area contributed by atoms with E-state index in [0.717, 1.165) is 25.9 Å². The molecule has 0 atom stereocenters. The van der Waals surface area contributed by atoms with E-state index < -0.39 is 10.0 Å². The van der Waals surface area contributed by atoms with E-state index in [-0.39, 0.29) is 22.0 Å². The van der Waals surface area contributed by atoms with Gasteiger partial charge in [-0.15, -0.1) is 23.7 Å². The molecule has 0 spiro atoms. The predicted molar refractivity (Wildman–Crippen MR) is 83.5 cm³/mol. The Morgan fingerprint density at radius 3 is 2.70 bits per heavy atom. The van der Waals surface area contributed by atoms with Crippen LogP contribution in [0, 0.1) is 5.41 Å². The van der Waals surface area contributed by atoms with Crippen LogP contribution in [0.25, 0.3) is 0 Å². The molecule has 1 fully saturated rings. The first-order valence-corrected chi connectivity index (χ1v) is 8.65. The Morgan fingerprint density at radius 2 is 2.10 bits per heavy atom. The highest BCUT2D eigenvalue weighted by molar-refractivity contribution is 7.91. The molecule has 0 saturated carbocycles. The summed E-state index contributed by atoms with van der Waals surface area (Å²) in [5.41, 5.74) is 0.0306. The van der Waals surface area contributed by atoms with Crippen LogP contribution in [0.1, 0.15) is 19.8 Å². The Morgan fingerprint density at radius 1 is 1.45 bits per heavy atom. The lowest BCUT2D eigenvalue weighted by Gasteiger charge is -2.33. The van der Waals surface area contributed by atoms with Crippen molar-refractivity contribution in [3.63, 3.8) is 0 Å². The molecule has 1 saturated heterocycles. The average molecular weight is 341 g/mol. The van der Waals surface area contributed by atoms with Gasteiger partial charge in [-0.1, -0.05) is 6.92 Å². The number of nitrogens with one attached hydrogen (secondary N) is 2. The molecule has 116 valence electrons. The molecule has 2 heterocycles. The van der Waals surface area contributed by atoms with Crippen LogP contribution in [0.15, 0.2) is 15.7 Å². The summed E-state index contributed by atoms with van der Waals surface area (Å²) >= 11 is 1.18. The van der Waals surface area contributed by atoms with Gasteiger partial charge < -0.3 is 10.1 Å². The minimum atomic E-state index is -3.47. The molecule has 2 N–H and O–H groups in total. The Hall–Kier alpha value is -0.340. The fraction of sp³-hybridized carbons (Fsp3) is 0.667. The Labute approximate surface area is 130 Å². The van der Waals surface area contributed by atoms with Crippen LogP contribution in [0.4, 0.5) is 0 Å². The fourth-order valence-corrected chi connectivity index (χ4v) is 4.69. The van der Waals surface area contributed by atoms with E-state index in [1.54, 1.807) is 11.4 Å². The summed E-state index contributed by atoms with van der Waals surface area (Å²) < 4.78 is 32.6. The maximum atomic E-state index is 12.3. The van der Waals surface area contributed by atoms with Crippen molar-refractivity contribution in [3.05, 3.63) is 11.4 Å². The molecular formula is C12H21ClN2O3S2. The summed E-state index contributed by atoms with van der Waals surface area (Å²) in [7, 11) is -1.99. The molecule has 1 aromatic heterocycles. The molecule has 8 heteroatoms. The lowest BCUT2D eigenvalue weighted by molar-refractivity contribution is 0.232. The first kappa shape index (κ1) is 17.7. The van der Waals surface area contributed by atoms with Crippen LogP contribution in [0.5, 0.6) is 5.75 Å². The SMILES string of the molecule is COc1ccsc1S(=O)(=O)NCC1(C)CCNCC1.Cl. The molecule has 1 aromatic rings. The molecule has 2 rings (SSSR count). The summed E-state index contributed by atoms with van der Waals surface area (Å²) in [5.74, 6) is 0.410. The number of hydrogen-bond acceptors (Lipinski definition) is 5. The Balaban J connectivity index is 0.00000200. The normalized spacial score (nSPS) is 18.3. The third-order valence-electron chi connectivity index (χ3n) is 3.56. The lowest BCUT2D eigenvalue weighted by Crippen LogP contribution is -2.42. The molecule has 20 heavy (non-hydrogen) atoms. The summed E-state index contributed by atoms with van der Waals surface area (Å²) in [6.45, 7) is 4.49. The van der Waals surface area contributed by atoms with Gasteiger partial charge in [0.15, 0.2) is 4.21 Å². The van der Waals surface area contributed by atoms with Gasteiger partial charge in [0.1, 0.15) is 5.75 Å². The molecule has 0 radical (unpaired) electrons. The summed E-state index contributed by atoms with van der Waals surface area (Å²) in [5, 5.41) is 5.01. The van der Waals surface area contributed by atoms with Gasteiger partial charge in [-0.3, -0.25) is 0 Å². The van der Waals surface area contributed by atoms with E-state index in [0.29, 0.717) is 12.3 Å². The average Bonchev–Trinajstić information content (AvgIpc) is 2.87. The van der Waals surface area contributed by atoms with Gasteiger partial charge in [0, 0.05) is 6.54 Å². The number of methoxy groups -OCH3 is 1. The van der Waals surface area contributed by atoms with Crippen LogP contribution in [0.2, 0.25) is 0 Å². The predicted octanol–water partition coefficient (Wildman–Crippen LogP) is 1.85. The van der Waals surface area contributed by atoms with Crippen molar-refractivity contribution >= 4 is 33.8 Å². The third kappa shape index (κ3) is 4.08. The zero-order valence-corrected chi connectivity index (χ0v) is 14.1. The number of thiophene rings is 1. The minimum absolute atomic E-state index is 0. The Bertz CT molecular complexity index is 525. The van der Waals surface area contributed by atoms with Crippen molar-refractivity contribution in [3.8, 4) is 5.75 Å². The number of rotatable bonds is 5. The monoisotopic (exact) mass is 340 g/mol. The van der Waals surface area contributed by atoms with Crippen LogP contribution in [-0.2, 0) is 10.0 Å². The lowest BCUT2D eigenvalue weighted by atomic mass is 9.81. The van der Waals surface area contributed by atoms with Crippen LogP contribution < -0.4 is 14.8 Å². The first-order chi connectivity index (χ1) is 8.97. The highest BCUT2D eigenvalue weighted by Crippen LogP contribution is 2.31. The topological polar surface area (TPSA) is 67.4 Å². The van der Waals surface area contributed by atoms with Gasteiger partial charge in [0.25, 0.3) is 10.0 Å². The molecule has 0 aromatic carbocycles. The zero-order valence-electron chi connectivity index (χ0n) is 11.6. The number of halogens is 1. The van der Waals surface area contributed by atoms with Crippen molar-refractivity contribution in [1.82, 2.24) is 10.0 Å². The van der Waals surface area contributed by atoms with Gasteiger partial charge >= 0.3 is 0 Å². The van der Waals surface area contributed by atoms with Crippen LogP contribution in [-0.4, -0.2) is 35.2 Å². The van der Waals surface area contributed by atoms with E-state index in [1.165, 1.54) is 18.4 Å². The second-order valence-electron chi connectivity index (χ2n) is 5.16. The second kappa shape index (κ2) is 7.09. The van der Waals surface area contributed by atoms with E-state index in [1.807, 2.05) is 0 Å². The second-order valence-corrected chi connectivity index (χ2v) is 8.04. The van der Waals surface area contributed by atoms with E-state index in [4.69, 9.17) is 4.74 Å². The number of sulfonamides is 1. The van der Waals surface area contributed by atoms with Crippen molar-refractivity contribution in [2.45, 2.75) is 24.0 Å². The summed E-state index contributed by atoms with van der Waals surface area (Å²) in [6, 6.07) is 1.67. The van der Waals surface area contributed by atoms with E-state index in [9.17, 15) is 8.42 Å². The van der Waals surface area contributed by atoms with Gasteiger partial charge in [0.2, 0.25) is 0 Å². The molecule has 0 unspecified atom stereocenters. The van der Waals surface area contributed by atoms with Crippen LogP contribution in [0.3, 0.4) is 0 Å². The third-order valence-corrected chi connectivity index (χ3v) is 6.41. The number of hydrogen-bond donors (Lipinski definition) is 2. The number of ether oxygens (including phenoxy) is 1. The van der Waals surface area contributed by atoms with Gasteiger partial charge in [-0.2, -0.15) is 0 Å². The molecule has 0 aliphatic carbocycles. The maximum Gasteiger partial charge on any atom is 0.253 e. The molecule has 5 nitrogen and oxygen atoms in total. The van der Waals surface area contributed by atoms with Crippen LogP contribution >= 0.6 is 23.7 Å². The minimum Gasteiger partial charge on any atom is -0.494 e. The van der Waals surface area contributed by atoms with Gasteiger partial charge in [-0.25, -0.2) is 13.1 Å². The Kier molecular flexibility index (Phi) is 6.27. The summed E-state index contributed by atoms with van der Waals surface area (Å²) in [6.07, 6.45) is 1.97. The van der Waals surface area contributed by atoms with Gasteiger partial charge in [-0.05, 0) is 42.8 Å². The molecule has 1 aliphatic heterocycles. The van der Waals surface area contributed by atoms with E-state index >= 15 is 0 Å². The largest absolute Gasteiger partial charge is 0.494 e. The van der Waals surface area contributed by atoms with E-state index in [2.05, 4.69) is 17.0 Å². The van der Waals surface area contributed by atoms with Gasteiger partial charge in [0.05, 0.1) is 7.11 Å². The maximum absolute atomic E-state index is 12.3. The highest BCUT2D eigenvalue weighted by atomic mass is 35.5. The standard InChI is InChI=1S/C12H20N2O3S2.ClH/c1-12(4-6-13-7-5-12)9-14-19(15,16)11-10(17-2)3-8-18-11;/h3,8,13-14H,4-7,9H2,1-2H3;1H. The molecule has 1 aliphatic rings. The van der Waals surface area contributed by atoms with Crippen molar-refractivity contribution < 1.29 is 13.2 Å². The highest BCUT2D eigenvalue weighted by Gasteiger charge is 2.30. The van der Waals surface area contributed by atoms with Crippen molar-refractivity contribution in [1.29, 1.82) is 0 Å². The molecule has 0 bridgehead atoms. The summed E-state index contributed by atoms with van der Waals surface area (Å²) in [4.78, 5) is 0.